The Kier molecular flexibility index (Phi) is 11.6. The van der Waals surface area contributed by atoms with E-state index in [2.05, 4.69) is 31.2 Å². The number of likely N-dealkylation sites (tertiary alicyclic amines) is 2. The number of carbonyl (C=O) groups excluding carboxylic acids is 2. The molecule has 2 unspecified atom stereocenters. The van der Waals surface area contributed by atoms with Crippen LogP contribution in [0.5, 0.6) is 11.8 Å². The fourth-order valence-corrected chi connectivity index (χ4v) is 7.12. The van der Waals surface area contributed by atoms with Crippen molar-refractivity contribution in [2.45, 2.75) is 90.3 Å². The van der Waals surface area contributed by atoms with Crippen LogP contribution in [-0.4, -0.2) is 113 Å². The Morgan fingerprint density at radius 3 is 1.69 bits per heavy atom. The van der Waals surface area contributed by atoms with Crippen molar-refractivity contribution >= 4 is 39.4 Å². The van der Waals surface area contributed by atoms with Gasteiger partial charge in [-0.3, -0.25) is 4.68 Å². The molecule has 0 saturated carbocycles. The van der Waals surface area contributed by atoms with Crippen LogP contribution in [0, 0.1) is 0 Å². The number of methoxy groups -OCH3 is 2. The van der Waals surface area contributed by atoms with Crippen LogP contribution in [0.15, 0.2) is 41.4 Å². The molecule has 2 aliphatic heterocycles. The molecule has 2 aliphatic rings. The van der Waals surface area contributed by atoms with Gasteiger partial charge in [-0.2, -0.15) is 24.3 Å². The summed E-state index contributed by atoms with van der Waals surface area (Å²) in [5.41, 5.74) is 4.04. The zero-order valence-corrected chi connectivity index (χ0v) is 34.7. The van der Waals surface area contributed by atoms with Crippen molar-refractivity contribution in [2.75, 3.05) is 40.4 Å². The predicted molar refractivity (Wildman–Crippen MR) is 209 cm³/mol. The summed E-state index contributed by atoms with van der Waals surface area (Å²) in [4.78, 5) is 38.1. The number of nitrogens with zero attached hydrogens (tertiary/aromatic N) is 10. The van der Waals surface area contributed by atoms with Crippen molar-refractivity contribution in [3.8, 4) is 22.9 Å². The van der Waals surface area contributed by atoms with E-state index in [-0.39, 0.29) is 24.0 Å². The highest BCUT2D eigenvalue weighted by atomic mass is 79.9. The summed E-state index contributed by atoms with van der Waals surface area (Å²) in [5.74, 6) is 1.48. The zero-order valence-electron chi connectivity index (χ0n) is 33.1. The third-order valence-electron chi connectivity index (χ3n) is 9.29. The molecular weight excluding hydrogens is 772 g/mol. The Labute approximate surface area is 329 Å². The lowest BCUT2D eigenvalue weighted by molar-refractivity contribution is 0.0187. The number of halogens is 1. The monoisotopic (exact) mass is 822 g/mol. The molecule has 2 amide bonds. The molecule has 0 aliphatic carbocycles. The number of fused-ring (bicyclic) bond motifs is 2. The molecule has 16 nitrogen and oxygen atoms in total. The van der Waals surface area contributed by atoms with E-state index in [0.29, 0.717) is 49.2 Å². The van der Waals surface area contributed by atoms with Crippen molar-refractivity contribution in [1.29, 1.82) is 0 Å². The first-order valence-electron chi connectivity index (χ1n) is 18.5. The standard InChI is InChI=1S/C21H28N6O3.C17H23BrN4O3/c1-21(2,3)30-20(28)26-8-6-7-14(13-26)17-9-18(29-5)27-19(24-17)16(11-23-27)15-10-22-25(4)12-15;1-17(2,3)25-16(23)21-7-5-6-11(10-21)13-8-14(24-4)22-15(20-13)12(18)9-19-22/h9-12,14H,6-8,13H2,1-5H3;8-9,11H,5-7,10H2,1-4H3. The average Bonchev–Trinajstić information content (AvgIpc) is 3.88. The lowest BCUT2D eigenvalue weighted by Gasteiger charge is -2.34. The number of aromatic nitrogens is 8. The maximum absolute atomic E-state index is 12.6. The zero-order chi connectivity index (χ0) is 39.7. The molecule has 2 saturated heterocycles. The molecule has 296 valence electrons. The van der Waals surface area contributed by atoms with Gasteiger partial charge in [-0.15, -0.1) is 0 Å². The van der Waals surface area contributed by atoms with Crippen LogP contribution < -0.4 is 9.47 Å². The van der Waals surface area contributed by atoms with E-state index in [4.69, 9.17) is 28.9 Å². The number of piperidine rings is 2. The molecule has 2 fully saturated rings. The number of ether oxygens (including phenoxy) is 4. The number of hydrogen-bond donors (Lipinski definition) is 0. The Morgan fingerprint density at radius 1 is 0.727 bits per heavy atom. The summed E-state index contributed by atoms with van der Waals surface area (Å²) >= 11 is 3.47. The minimum Gasteiger partial charge on any atom is -0.481 e. The SMILES string of the molecule is COc1cc(C2CCCN(C(=O)OC(C)(C)C)C2)nc2c(-c3cnn(C)c3)cnn12.COc1cc(C2CCCN(C(=O)OC(C)(C)C)C2)nc2c(Br)cnn12. The van der Waals surface area contributed by atoms with Gasteiger partial charge in [-0.05, 0) is 83.2 Å². The Morgan fingerprint density at radius 2 is 1.22 bits per heavy atom. The second-order valence-corrected chi connectivity index (χ2v) is 16.8. The molecule has 0 bridgehead atoms. The average molecular weight is 824 g/mol. The number of amides is 2. The van der Waals surface area contributed by atoms with Crippen LogP contribution in [0.4, 0.5) is 9.59 Å². The van der Waals surface area contributed by atoms with E-state index in [1.165, 1.54) is 0 Å². The van der Waals surface area contributed by atoms with E-state index in [0.717, 1.165) is 52.7 Å². The number of aryl methyl sites for hydroxylation is 1. The molecule has 7 heterocycles. The fraction of sp³-hybridized carbons (Fsp3) is 0.553. The minimum absolute atomic E-state index is 0.0989. The van der Waals surface area contributed by atoms with E-state index in [1.54, 1.807) is 56.3 Å². The summed E-state index contributed by atoms with van der Waals surface area (Å²) in [6.45, 7) is 13.8. The molecule has 7 rings (SSSR count). The van der Waals surface area contributed by atoms with Gasteiger partial charge in [0.2, 0.25) is 11.8 Å². The van der Waals surface area contributed by atoms with Crippen LogP contribution in [-0.2, 0) is 16.5 Å². The molecular formula is C38H51BrN10O6. The van der Waals surface area contributed by atoms with E-state index in [9.17, 15) is 9.59 Å². The van der Waals surface area contributed by atoms with Crippen LogP contribution in [0.3, 0.4) is 0 Å². The maximum atomic E-state index is 12.6. The highest BCUT2D eigenvalue weighted by molar-refractivity contribution is 9.10. The second-order valence-electron chi connectivity index (χ2n) is 15.9. The Balaban J connectivity index is 0.000000190. The van der Waals surface area contributed by atoms with Gasteiger partial charge in [0, 0.05) is 74.5 Å². The predicted octanol–water partition coefficient (Wildman–Crippen LogP) is 6.87. The van der Waals surface area contributed by atoms with Crippen LogP contribution in [0.25, 0.3) is 22.4 Å². The van der Waals surface area contributed by atoms with Gasteiger partial charge in [-0.1, -0.05) is 0 Å². The quantitative estimate of drug-likeness (QED) is 0.182. The third-order valence-corrected chi connectivity index (χ3v) is 9.85. The van der Waals surface area contributed by atoms with Crippen molar-refractivity contribution in [3.63, 3.8) is 0 Å². The van der Waals surface area contributed by atoms with Crippen LogP contribution in [0.1, 0.15) is 90.4 Å². The number of carbonyl (C=O) groups is 2. The highest BCUT2D eigenvalue weighted by Crippen LogP contribution is 2.33. The van der Waals surface area contributed by atoms with Gasteiger partial charge >= 0.3 is 12.2 Å². The van der Waals surface area contributed by atoms with Gasteiger partial charge in [-0.25, -0.2) is 19.6 Å². The molecule has 0 N–H and O–H groups in total. The van der Waals surface area contributed by atoms with Gasteiger partial charge in [0.1, 0.15) is 11.2 Å². The first-order valence-corrected chi connectivity index (χ1v) is 19.3. The Bertz CT molecular complexity index is 2150. The maximum Gasteiger partial charge on any atom is 0.410 e. The molecule has 55 heavy (non-hydrogen) atoms. The second kappa shape index (κ2) is 16.0. The molecule has 0 spiro atoms. The highest BCUT2D eigenvalue weighted by Gasteiger charge is 2.31. The first kappa shape index (κ1) is 39.8. The summed E-state index contributed by atoms with van der Waals surface area (Å²) in [5, 5.41) is 13.0. The molecule has 0 aromatic carbocycles. The van der Waals surface area contributed by atoms with Crippen LogP contribution >= 0.6 is 15.9 Å². The fourth-order valence-electron chi connectivity index (χ4n) is 6.77. The molecule has 5 aromatic heterocycles. The summed E-state index contributed by atoms with van der Waals surface area (Å²) < 4.78 is 28.0. The normalized spacial score (nSPS) is 17.9. The molecule has 0 radical (unpaired) electrons. The largest absolute Gasteiger partial charge is 0.481 e. The Hall–Kier alpha value is -4.93. The van der Waals surface area contributed by atoms with Crippen molar-refractivity contribution < 1.29 is 28.5 Å². The van der Waals surface area contributed by atoms with Crippen LogP contribution in [0.2, 0.25) is 0 Å². The summed E-state index contributed by atoms with van der Waals surface area (Å²) in [6, 6.07) is 3.81. The van der Waals surface area contributed by atoms with Gasteiger partial charge in [0.25, 0.3) is 0 Å². The smallest absolute Gasteiger partial charge is 0.410 e. The molecule has 2 atom stereocenters. The van der Waals surface area contributed by atoms with E-state index >= 15 is 0 Å². The van der Waals surface area contributed by atoms with Gasteiger partial charge in [0.05, 0.1) is 48.7 Å². The lowest BCUT2D eigenvalue weighted by Crippen LogP contribution is -2.42. The summed E-state index contributed by atoms with van der Waals surface area (Å²) in [7, 11) is 5.11. The molecule has 17 heteroatoms. The van der Waals surface area contributed by atoms with Crippen molar-refractivity contribution in [2.24, 2.45) is 7.05 Å². The number of hydrogen-bond acceptors (Lipinski definition) is 11. The third kappa shape index (κ3) is 9.31. The van der Waals surface area contributed by atoms with Gasteiger partial charge in [0.15, 0.2) is 11.3 Å². The van der Waals surface area contributed by atoms with E-state index in [1.807, 2.05) is 66.9 Å². The topological polar surface area (TPSA) is 156 Å². The van der Waals surface area contributed by atoms with Gasteiger partial charge < -0.3 is 28.7 Å². The summed E-state index contributed by atoms with van der Waals surface area (Å²) in [6.07, 6.45) is 10.4. The van der Waals surface area contributed by atoms with Crippen molar-refractivity contribution in [1.82, 2.24) is 48.8 Å². The molecule has 5 aromatic rings. The van der Waals surface area contributed by atoms with Crippen molar-refractivity contribution in [3.05, 3.63) is 52.8 Å². The first-order chi connectivity index (χ1) is 26.0. The minimum atomic E-state index is -0.513. The number of rotatable bonds is 5. The van der Waals surface area contributed by atoms with E-state index < -0.39 is 11.2 Å². The lowest BCUT2D eigenvalue weighted by atomic mass is 9.94.